The number of nitrogens with one attached hydrogen (secondary N) is 1. The zero-order valence-electron chi connectivity index (χ0n) is 16.3. The van der Waals surface area contributed by atoms with E-state index in [-0.39, 0.29) is 16.7 Å². The number of aromatic nitrogens is 2. The Morgan fingerprint density at radius 3 is 2.70 bits per heavy atom. The van der Waals surface area contributed by atoms with E-state index in [0.29, 0.717) is 29.5 Å². The Kier molecular flexibility index (Phi) is 5.97. The average molecular weight is 465 g/mol. The van der Waals surface area contributed by atoms with Crippen LogP contribution >= 0.6 is 22.9 Å². The first kappa shape index (κ1) is 21.0. The topological polar surface area (TPSA) is 84.3 Å². The molecule has 0 aliphatic carbocycles. The van der Waals surface area contributed by atoms with Gasteiger partial charge in [0.2, 0.25) is 5.91 Å². The lowest BCUT2D eigenvalue weighted by atomic mass is 9.99. The molecule has 30 heavy (non-hydrogen) atoms. The van der Waals surface area contributed by atoms with Crippen molar-refractivity contribution in [1.82, 2.24) is 14.1 Å². The van der Waals surface area contributed by atoms with Crippen LogP contribution in [-0.4, -0.2) is 41.5 Å². The second-order valence-electron chi connectivity index (χ2n) is 7.17. The van der Waals surface area contributed by atoms with Crippen LogP contribution < -0.4 is 5.32 Å². The highest BCUT2D eigenvalue weighted by molar-refractivity contribution is 7.91. The third-order valence-corrected chi connectivity index (χ3v) is 8.54. The van der Waals surface area contributed by atoms with E-state index < -0.39 is 15.9 Å². The van der Waals surface area contributed by atoms with Crippen LogP contribution in [0.25, 0.3) is 5.69 Å². The molecule has 3 aromatic rings. The van der Waals surface area contributed by atoms with Gasteiger partial charge in [-0.3, -0.25) is 4.79 Å². The number of anilines is 1. The molecule has 1 aliphatic rings. The van der Waals surface area contributed by atoms with Gasteiger partial charge in [0.25, 0.3) is 10.0 Å². The molecule has 1 saturated heterocycles. The maximum atomic E-state index is 13.0. The number of hydrogen-bond acceptors (Lipinski definition) is 5. The minimum Gasteiger partial charge on any atom is -0.310 e. The Morgan fingerprint density at radius 2 is 2.00 bits per heavy atom. The van der Waals surface area contributed by atoms with Gasteiger partial charge in [-0.2, -0.15) is 9.40 Å². The van der Waals surface area contributed by atoms with Crippen LogP contribution in [0, 0.1) is 12.8 Å². The first-order chi connectivity index (χ1) is 14.3. The molecule has 3 heterocycles. The van der Waals surface area contributed by atoms with Gasteiger partial charge in [-0.25, -0.2) is 13.1 Å². The summed E-state index contributed by atoms with van der Waals surface area (Å²) in [6.07, 6.45) is 1.24. The number of amides is 1. The molecular formula is C20H21ClN4O3S2. The Bertz CT molecular complexity index is 1160. The van der Waals surface area contributed by atoms with Crippen molar-refractivity contribution in [2.24, 2.45) is 5.92 Å². The molecule has 1 amide bonds. The quantitative estimate of drug-likeness (QED) is 0.619. The molecule has 158 valence electrons. The number of halogens is 1. The van der Waals surface area contributed by atoms with Gasteiger partial charge in [0.05, 0.1) is 21.6 Å². The molecular weight excluding hydrogens is 444 g/mol. The Morgan fingerprint density at radius 1 is 1.23 bits per heavy atom. The van der Waals surface area contributed by atoms with E-state index >= 15 is 0 Å². The van der Waals surface area contributed by atoms with Crippen LogP contribution in [0.15, 0.2) is 52.7 Å². The van der Waals surface area contributed by atoms with Crippen LogP contribution in [0.1, 0.15) is 18.5 Å². The van der Waals surface area contributed by atoms with Crippen LogP contribution in [-0.2, 0) is 14.8 Å². The maximum absolute atomic E-state index is 13.0. The van der Waals surface area contributed by atoms with Gasteiger partial charge in [-0.15, -0.1) is 11.3 Å². The van der Waals surface area contributed by atoms with E-state index in [9.17, 15) is 13.2 Å². The predicted octanol–water partition coefficient (Wildman–Crippen LogP) is 3.94. The highest BCUT2D eigenvalue weighted by Crippen LogP contribution is 2.31. The fourth-order valence-electron chi connectivity index (χ4n) is 3.52. The van der Waals surface area contributed by atoms with Gasteiger partial charge < -0.3 is 5.32 Å². The first-order valence-electron chi connectivity index (χ1n) is 9.53. The standard InChI is InChI=1S/C20H21ClN4O3S2/c1-14-12-18(25(23-14)16-7-3-2-4-8-16)22-20(26)15-6-5-11-24(13-15)30(27,28)19-10-9-17(21)29-19/h2-4,7-10,12,15H,5-6,11,13H2,1H3,(H,22,26). The Hall–Kier alpha value is -2.20. The minimum atomic E-state index is -3.66. The number of para-hydroxylation sites is 1. The molecule has 0 radical (unpaired) electrons. The van der Waals surface area contributed by atoms with Crippen molar-refractivity contribution in [3.63, 3.8) is 0 Å². The molecule has 2 aromatic heterocycles. The fraction of sp³-hybridized carbons (Fsp3) is 0.300. The summed E-state index contributed by atoms with van der Waals surface area (Å²) >= 11 is 6.93. The van der Waals surface area contributed by atoms with E-state index in [0.717, 1.165) is 22.7 Å². The summed E-state index contributed by atoms with van der Waals surface area (Å²) in [5.74, 6) is -0.0895. The lowest BCUT2D eigenvalue weighted by molar-refractivity contribution is -0.120. The van der Waals surface area contributed by atoms with Crippen LogP contribution in [0.5, 0.6) is 0 Å². The molecule has 1 aliphatic heterocycles. The smallest absolute Gasteiger partial charge is 0.252 e. The zero-order chi connectivity index (χ0) is 21.3. The Balaban J connectivity index is 1.51. The number of carbonyl (C=O) groups is 1. The summed E-state index contributed by atoms with van der Waals surface area (Å²) in [4.78, 5) is 13.0. The number of carbonyl (C=O) groups excluding carboxylic acids is 1. The molecule has 0 saturated carbocycles. The second kappa shape index (κ2) is 8.50. The number of nitrogens with zero attached hydrogens (tertiary/aromatic N) is 3. The summed E-state index contributed by atoms with van der Waals surface area (Å²) in [7, 11) is -3.66. The van der Waals surface area contributed by atoms with Crippen LogP contribution in [0.3, 0.4) is 0 Å². The summed E-state index contributed by atoms with van der Waals surface area (Å²) in [6.45, 7) is 2.39. The molecule has 1 aromatic carbocycles. The maximum Gasteiger partial charge on any atom is 0.252 e. The molecule has 0 bridgehead atoms. The number of thiophene rings is 1. The lowest BCUT2D eigenvalue weighted by Crippen LogP contribution is -2.43. The van der Waals surface area contributed by atoms with Crippen molar-refractivity contribution in [2.75, 3.05) is 18.4 Å². The van der Waals surface area contributed by atoms with Crippen LogP contribution in [0.2, 0.25) is 4.34 Å². The number of sulfonamides is 1. The van der Waals surface area contributed by atoms with Crippen molar-refractivity contribution in [1.29, 1.82) is 0 Å². The van der Waals surface area contributed by atoms with E-state index in [1.807, 2.05) is 37.3 Å². The number of piperidine rings is 1. The van der Waals surface area contributed by atoms with Crippen molar-refractivity contribution in [3.05, 3.63) is 58.6 Å². The molecule has 1 unspecified atom stereocenters. The fourth-order valence-corrected chi connectivity index (χ4v) is 6.68. The van der Waals surface area contributed by atoms with E-state index in [2.05, 4.69) is 10.4 Å². The van der Waals surface area contributed by atoms with Crippen molar-refractivity contribution in [2.45, 2.75) is 24.0 Å². The molecule has 1 atom stereocenters. The van der Waals surface area contributed by atoms with Gasteiger partial charge in [0, 0.05) is 19.2 Å². The van der Waals surface area contributed by atoms with Crippen molar-refractivity contribution in [3.8, 4) is 5.69 Å². The second-order valence-corrected chi connectivity index (χ2v) is 11.0. The van der Waals surface area contributed by atoms with Crippen molar-refractivity contribution >= 4 is 44.7 Å². The molecule has 0 spiro atoms. The normalized spacial score (nSPS) is 17.7. The number of rotatable bonds is 5. The summed E-state index contributed by atoms with van der Waals surface area (Å²) < 4.78 is 29.5. The molecule has 10 heteroatoms. The minimum absolute atomic E-state index is 0.141. The van der Waals surface area contributed by atoms with E-state index in [4.69, 9.17) is 11.6 Å². The highest BCUT2D eigenvalue weighted by atomic mass is 35.5. The van der Waals surface area contributed by atoms with E-state index in [1.54, 1.807) is 16.8 Å². The molecule has 1 fully saturated rings. The third-order valence-electron chi connectivity index (χ3n) is 4.98. The van der Waals surface area contributed by atoms with Gasteiger partial charge in [0.15, 0.2) is 0 Å². The SMILES string of the molecule is Cc1cc(NC(=O)C2CCCN(S(=O)(=O)c3ccc(Cl)s3)C2)n(-c2ccccc2)n1. The summed E-state index contributed by atoms with van der Waals surface area (Å²) in [5, 5.41) is 7.40. The van der Waals surface area contributed by atoms with E-state index in [1.165, 1.54) is 10.4 Å². The highest BCUT2D eigenvalue weighted by Gasteiger charge is 2.34. The third kappa shape index (κ3) is 4.29. The zero-order valence-corrected chi connectivity index (χ0v) is 18.7. The lowest BCUT2D eigenvalue weighted by Gasteiger charge is -2.30. The Labute approximate surface area is 184 Å². The number of benzene rings is 1. The molecule has 7 nitrogen and oxygen atoms in total. The van der Waals surface area contributed by atoms with Gasteiger partial charge in [-0.1, -0.05) is 29.8 Å². The average Bonchev–Trinajstić information content (AvgIpc) is 3.34. The molecule has 4 rings (SSSR count). The van der Waals surface area contributed by atoms with Crippen LogP contribution in [0.4, 0.5) is 5.82 Å². The van der Waals surface area contributed by atoms with Crippen molar-refractivity contribution < 1.29 is 13.2 Å². The summed E-state index contributed by atoms with van der Waals surface area (Å²) in [5.41, 5.74) is 1.61. The van der Waals surface area contributed by atoms with Gasteiger partial charge >= 0.3 is 0 Å². The van der Waals surface area contributed by atoms with Gasteiger partial charge in [-0.05, 0) is 44.0 Å². The molecule has 1 N–H and O–H groups in total. The number of hydrogen-bond donors (Lipinski definition) is 1. The predicted molar refractivity (Wildman–Crippen MR) is 118 cm³/mol. The largest absolute Gasteiger partial charge is 0.310 e. The summed E-state index contributed by atoms with van der Waals surface area (Å²) in [6, 6.07) is 14.4. The monoisotopic (exact) mass is 464 g/mol. The van der Waals surface area contributed by atoms with Gasteiger partial charge in [0.1, 0.15) is 10.0 Å². The first-order valence-corrected chi connectivity index (χ1v) is 12.2. The number of aryl methyl sites for hydroxylation is 1.